The Hall–Kier alpha value is -0.340. The molecule has 2 aromatic rings. The minimum atomic E-state index is -0.0186. The van der Waals surface area contributed by atoms with E-state index in [0.717, 1.165) is 22.3 Å². The minimum Gasteiger partial charge on any atom is -0.166 e. The summed E-state index contributed by atoms with van der Waals surface area (Å²) in [5.41, 5.74) is 4.23. The smallest absolute Gasteiger partial charge is 0.0530 e. The van der Waals surface area contributed by atoms with Crippen LogP contribution in [-0.2, 0) is 0 Å². The zero-order chi connectivity index (χ0) is 12.2. The maximum Gasteiger partial charge on any atom is 0.0530 e. The first kappa shape index (κ1) is 11.7. The van der Waals surface area contributed by atoms with E-state index in [4.69, 9.17) is 34.8 Å². The molecule has 0 saturated carbocycles. The van der Waals surface area contributed by atoms with Gasteiger partial charge < -0.3 is 0 Å². The molecule has 86 valence electrons. The van der Waals surface area contributed by atoms with Crippen LogP contribution in [0.2, 0.25) is 15.1 Å². The lowest BCUT2D eigenvalue weighted by Crippen LogP contribution is -1.86. The molecule has 3 rings (SSSR count). The Morgan fingerprint density at radius 3 is 2.35 bits per heavy atom. The highest BCUT2D eigenvalue weighted by Gasteiger charge is 2.28. The van der Waals surface area contributed by atoms with Gasteiger partial charge in [-0.2, -0.15) is 12.6 Å². The fraction of sp³-hybridized carbons (Fsp3) is 0.0769. The molecule has 2 aromatic carbocycles. The zero-order valence-corrected chi connectivity index (χ0v) is 11.7. The van der Waals surface area contributed by atoms with Crippen LogP contribution in [0.25, 0.3) is 11.1 Å². The van der Waals surface area contributed by atoms with Gasteiger partial charge in [0.05, 0.1) is 10.3 Å². The molecule has 0 N–H and O–H groups in total. The molecule has 0 saturated heterocycles. The van der Waals surface area contributed by atoms with E-state index in [1.807, 2.05) is 24.3 Å². The summed E-state index contributed by atoms with van der Waals surface area (Å²) >= 11 is 22.9. The molecule has 0 aromatic heterocycles. The van der Waals surface area contributed by atoms with Gasteiger partial charge in [-0.3, -0.25) is 0 Å². The zero-order valence-electron chi connectivity index (χ0n) is 8.55. The van der Waals surface area contributed by atoms with E-state index in [1.54, 1.807) is 6.07 Å². The first-order chi connectivity index (χ1) is 8.08. The monoisotopic (exact) mass is 300 g/mol. The summed E-state index contributed by atoms with van der Waals surface area (Å²) < 4.78 is 0. The fourth-order valence-electron chi connectivity index (χ4n) is 2.25. The Bertz CT molecular complexity index is 622. The average Bonchev–Trinajstić information content (AvgIpc) is 2.53. The van der Waals surface area contributed by atoms with Crippen LogP contribution in [0, 0.1) is 0 Å². The second-order valence-electron chi connectivity index (χ2n) is 3.99. The van der Waals surface area contributed by atoms with E-state index in [-0.39, 0.29) is 5.25 Å². The molecule has 0 radical (unpaired) electrons. The normalized spacial score (nSPS) is 16.8. The third kappa shape index (κ3) is 1.77. The van der Waals surface area contributed by atoms with Crippen LogP contribution in [0.1, 0.15) is 16.4 Å². The van der Waals surface area contributed by atoms with Crippen LogP contribution in [0.3, 0.4) is 0 Å². The number of thiol groups is 1. The van der Waals surface area contributed by atoms with Gasteiger partial charge in [0.2, 0.25) is 0 Å². The first-order valence-electron chi connectivity index (χ1n) is 5.05. The number of fused-ring (bicyclic) bond motifs is 3. The molecule has 0 aliphatic heterocycles. The van der Waals surface area contributed by atoms with E-state index in [2.05, 4.69) is 12.6 Å². The van der Waals surface area contributed by atoms with Crippen molar-refractivity contribution in [3.8, 4) is 11.1 Å². The van der Waals surface area contributed by atoms with Gasteiger partial charge in [0.1, 0.15) is 0 Å². The van der Waals surface area contributed by atoms with Crippen LogP contribution in [-0.4, -0.2) is 0 Å². The molecule has 0 amide bonds. The number of rotatable bonds is 0. The number of hydrogen-bond acceptors (Lipinski definition) is 1. The predicted octanol–water partition coefficient (Wildman–Crippen LogP) is 5.65. The van der Waals surface area contributed by atoms with Gasteiger partial charge in [-0.05, 0) is 41.0 Å². The maximum atomic E-state index is 6.26. The van der Waals surface area contributed by atoms with Crippen molar-refractivity contribution in [3.63, 3.8) is 0 Å². The Labute approximate surface area is 120 Å². The van der Waals surface area contributed by atoms with E-state index < -0.39 is 0 Å². The lowest BCUT2D eigenvalue weighted by atomic mass is 10.1. The largest absolute Gasteiger partial charge is 0.166 e. The summed E-state index contributed by atoms with van der Waals surface area (Å²) in [5, 5.41) is 1.98. The van der Waals surface area contributed by atoms with Crippen molar-refractivity contribution in [1.29, 1.82) is 0 Å². The highest BCUT2D eigenvalue weighted by atomic mass is 35.5. The predicted molar refractivity (Wildman–Crippen MR) is 77.7 cm³/mol. The molecule has 0 spiro atoms. The van der Waals surface area contributed by atoms with Gasteiger partial charge in [0.25, 0.3) is 0 Å². The van der Waals surface area contributed by atoms with Crippen molar-refractivity contribution in [2.45, 2.75) is 5.25 Å². The number of hydrogen-bond donors (Lipinski definition) is 1. The van der Waals surface area contributed by atoms with E-state index in [1.165, 1.54) is 0 Å². The van der Waals surface area contributed by atoms with Crippen molar-refractivity contribution in [2.24, 2.45) is 0 Å². The van der Waals surface area contributed by atoms with Crippen LogP contribution in [0.15, 0.2) is 30.3 Å². The summed E-state index contributed by atoms with van der Waals surface area (Å²) in [5.74, 6) is 0. The Kier molecular flexibility index (Phi) is 2.83. The quantitative estimate of drug-likeness (QED) is 0.598. The van der Waals surface area contributed by atoms with Gasteiger partial charge in [0.15, 0.2) is 0 Å². The summed E-state index contributed by atoms with van der Waals surface area (Å²) in [7, 11) is 0. The highest BCUT2D eigenvalue weighted by molar-refractivity contribution is 7.80. The standard InChI is InChI=1S/C13H7Cl3S/c14-6-1-2-8-9(3-6)13(17)10-4-7(15)5-11(16)12(8)10/h1-5,13,17H. The van der Waals surface area contributed by atoms with Gasteiger partial charge >= 0.3 is 0 Å². The topological polar surface area (TPSA) is 0 Å². The van der Waals surface area contributed by atoms with E-state index in [9.17, 15) is 0 Å². The van der Waals surface area contributed by atoms with Crippen LogP contribution in [0.4, 0.5) is 0 Å². The first-order valence-corrected chi connectivity index (χ1v) is 6.70. The average molecular weight is 302 g/mol. The third-order valence-corrected chi connectivity index (χ3v) is 4.27. The van der Waals surface area contributed by atoms with E-state index in [0.29, 0.717) is 15.1 Å². The third-order valence-electron chi connectivity index (χ3n) is 2.96. The molecule has 1 unspecified atom stereocenters. The van der Waals surface area contributed by atoms with E-state index >= 15 is 0 Å². The second-order valence-corrected chi connectivity index (χ2v) is 5.78. The van der Waals surface area contributed by atoms with Crippen molar-refractivity contribution < 1.29 is 0 Å². The van der Waals surface area contributed by atoms with Gasteiger partial charge in [0, 0.05) is 15.6 Å². The molecule has 0 fully saturated rings. The maximum absolute atomic E-state index is 6.26. The van der Waals surface area contributed by atoms with Crippen molar-refractivity contribution in [3.05, 3.63) is 56.5 Å². The molecule has 0 nitrogen and oxygen atoms in total. The number of halogens is 3. The Morgan fingerprint density at radius 2 is 1.59 bits per heavy atom. The second kappa shape index (κ2) is 4.10. The van der Waals surface area contributed by atoms with Gasteiger partial charge in [-0.15, -0.1) is 0 Å². The summed E-state index contributed by atoms with van der Waals surface area (Å²) in [6.45, 7) is 0. The molecule has 4 heteroatoms. The van der Waals surface area contributed by atoms with Crippen LogP contribution >= 0.6 is 47.4 Å². The molecule has 1 aliphatic carbocycles. The molecule has 0 bridgehead atoms. The molecule has 1 atom stereocenters. The van der Waals surface area contributed by atoms with Gasteiger partial charge in [-0.25, -0.2) is 0 Å². The van der Waals surface area contributed by atoms with Gasteiger partial charge in [-0.1, -0.05) is 40.9 Å². The highest BCUT2D eigenvalue weighted by Crippen LogP contribution is 2.50. The lowest BCUT2D eigenvalue weighted by molar-refractivity contribution is 1.23. The molecular formula is C13H7Cl3S. The molecule has 0 heterocycles. The van der Waals surface area contributed by atoms with Crippen molar-refractivity contribution >= 4 is 47.4 Å². The number of benzene rings is 2. The summed E-state index contributed by atoms with van der Waals surface area (Å²) in [4.78, 5) is 0. The Balaban J connectivity index is 2.35. The lowest BCUT2D eigenvalue weighted by Gasteiger charge is -2.06. The van der Waals surface area contributed by atoms with Crippen LogP contribution in [0.5, 0.6) is 0 Å². The van der Waals surface area contributed by atoms with Crippen LogP contribution < -0.4 is 0 Å². The minimum absolute atomic E-state index is 0.0186. The SMILES string of the molecule is SC1c2cc(Cl)ccc2-c2c(Cl)cc(Cl)cc21. The van der Waals surface area contributed by atoms with Crippen molar-refractivity contribution in [1.82, 2.24) is 0 Å². The molecular weight excluding hydrogens is 295 g/mol. The molecule has 1 aliphatic rings. The summed E-state index contributed by atoms with van der Waals surface area (Å²) in [6.07, 6.45) is 0. The molecule has 17 heavy (non-hydrogen) atoms. The fourth-order valence-corrected chi connectivity index (χ4v) is 3.46. The van der Waals surface area contributed by atoms with Crippen molar-refractivity contribution in [2.75, 3.05) is 0 Å². The summed E-state index contributed by atoms with van der Waals surface area (Å²) in [6, 6.07) is 9.44. The Morgan fingerprint density at radius 1 is 0.882 bits per heavy atom.